The highest BCUT2D eigenvalue weighted by Crippen LogP contribution is 2.14. The maximum absolute atomic E-state index is 12.4. The molecule has 1 atom stereocenters. The van der Waals surface area contributed by atoms with Gasteiger partial charge < -0.3 is 15.5 Å². The molecule has 1 fully saturated rings. The first-order valence-electron chi connectivity index (χ1n) is 6.85. The van der Waals surface area contributed by atoms with E-state index in [2.05, 4.69) is 0 Å². The van der Waals surface area contributed by atoms with E-state index in [1.807, 2.05) is 0 Å². The maximum Gasteiger partial charge on any atom is 0.253 e. The molecule has 20 heavy (non-hydrogen) atoms. The molecule has 1 saturated heterocycles. The van der Waals surface area contributed by atoms with Crippen LogP contribution in [0.5, 0.6) is 0 Å². The molecule has 0 aliphatic carbocycles. The van der Waals surface area contributed by atoms with Crippen LogP contribution in [0.3, 0.4) is 0 Å². The van der Waals surface area contributed by atoms with Crippen molar-refractivity contribution in [3.63, 3.8) is 0 Å². The van der Waals surface area contributed by atoms with E-state index in [0.29, 0.717) is 17.7 Å². The topological polar surface area (TPSA) is 66.6 Å². The van der Waals surface area contributed by atoms with Crippen molar-refractivity contribution in [1.29, 1.82) is 0 Å². The van der Waals surface area contributed by atoms with Gasteiger partial charge in [0.05, 0.1) is 0 Å². The Hall–Kier alpha value is -1.88. The summed E-state index contributed by atoms with van der Waals surface area (Å²) in [6.45, 7) is 1.32. The molecule has 1 aliphatic rings. The fraction of sp³-hybridized carbons (Fsp3) is 0.467. The second-order valence-corrected chi connectivity index (χ2v) is 5.43. The molecule has 0 radical (unpaired) electrons. The molecule has 2 N–H and O–H groups in total. The largest absolute Gasteiger partial charge is 0.345 e. The lowest BCUT2D eigenvalue weighted by molar-refractivity contribution is 0.0709. The third-order valence-electron chi connectivity index (χ3n) is 3.51. The molecule has 0 saturated carbocycles. The lowest BCUT2D eigenvalue weighted by Crippen LogP contribution is -2.45. The molecule has 1 unspecified atom stereocenters. The lowest BCUT2D eigenvalue weighted by Gasteiger charge is -2.30. The number of piperidine rings is 1. The molecular formula is C15H21N3O2. The third-order valence-corrected chi connectivity index (χ3v) is 3.51. The van der Waals surface area contributed by atoms with Gasteiger partial charge in [0, 0.05) is 44.4 Å². The van der Waals surface area contributed by atoms with Crippen LogP contribution in [0, 0.1) is 0 Å². The zero-order chi connectivity index (χ0) is 14.7. The van der Waals surface area contributed by atoms with Gasteiger partial charge in [0.2, 0.25) is 0 Å². The number of benzene rings is 1. The molecule has 1 aromatic carbocycles. The maximum atomic E-state index is 12.4. The van der Waals surface area contributed by atoms with E-state index in [-0.39, 0.29) is 17.9 Å². The molecule has 2 rings (SSSR count). The molecule has 0 bridgehead atoms. The minimum absolute atomic E-state index is 0.0476. The standard InChI is InChI=1S/C15H21N3O2/c1-17(2)14(19)11-5-3-6-12(9-11)15(20)18-8-4-7-13(16)10-18/h3,5-6,9,13H,4,7-8,10,16H2,1-2H3. The summed E-state index contributed by atoms with van der Waals surface area (Å²) in [7, 11) is 3.39. The van der Waals surface area contributed by atoms with Crippen molar-refractivity contribution in [3.05, 3.63) is 35.4 Å². The van der Waals surface area contributed by atoms with E-state index in [4.69, 9.17) is 5.73 Å². The Labute approximate surface area is 119 Å². The summed E-state index contributed by atoms with van der Waals surface area (Å²) in [6.07, 6.45) is 1.90. The van der Waals surface area contributed by atoms with Gasteiger partial charge >= 0.3 is 0 Å². The lowest BCUT2D eigenvalue weighted by atomic mass is 10.0. The second kappa shape index (κ2) is 6.05. The van der Waals surface area contributed by atoms with Crippen LogP contribution in [0.2, 0.25) is 0 Å². The minimum Gasteiger partial charge on any atom is -0.345 e. The van der Waals surface area contributed by atoms with Crippen molar-refractivity contribution in [1.82, 2.24) is 9.80 Å². The van der Waals surface area contributed by atoms with Gasteiger partial charge in [-0.15, -0.1) is 0 Å². The number of hydrogen-bond donors (Lipinski definition) is 1. The fourth-order valence-corrected chi connectivity index (χ4v) is 2.42. The molecule has 1 aliphatic heterocycles. The van der Waals surface area contributed by atoms with E-state index in [1.54, 1.807) is 43.3 Å². The van der Waals surface area contributed by atoms with Crippen LogP contribution in [0.4, 0.5) is 0 Å². The van der Waals surface area contributed by atoms with Crippen molar-refractivity contribution in [2.45, 2.75) is 18.9 Å². The molecule has 5 heteroatoms. The van der Waals surface area contributed by atoms with Crippen LogP contribution in [0.1, 0.15) is 33.6 Å². The van der Waals surface area contributed by atoms with E-state index in [0.717, 1.165) is 19.4 Å². The SMILES string of the molecule is CN(C)C(=O)c1cccc(C(=O)N2CCCC(N)C2)c1. The van der Waals surface area contributed by atoms with Gasteiger partial charge in [-0.3, -0.25) is 9.59 Å². The first-order chi connectivity index (χ1) is 9.49. The van der Waals surface area contributed by atoms with Gasteiger partial charge in [-0.05, 0) is 31.0 Å². The monoisotopic (exact) mass is 275 g/mol. The Morgan fingerprint density at radius 2 is 2.00 bits per heavy atom. The third kappa shape index (κ3) is 3.17. The number of nitrogens with zero attached hydrogens (tertiary/aromatic N) is 2. The van der Waals surface area contributed by atoms with Crippen molar-refractivity contribution < 1.29 is 9.59 Å². The van der Waals surface area contributed by atoms with Crippen molar-refractivity contribution >= 4 is 11.8 Å². The highest BCUT2D eigenvalue weighted by molar-refractivity contribution is 5.99. The first kappa shape index (κ1) is 14.5. The van der Waals surface area contributed by atoms with Crippen LogP contribution >= 0.6 is 0 Å². The number of rotatable bonds is 2. The second-order valence-electron chi connectivity index (χ2n) is 5.43. The Balaban J connectivity index is 2.18. The number of amides is 2. The minimum atomic E-state index is -0.102. The summed E-state index contributed by atoms with van der Waals surface area (Å²) in [4.78, 5) is 27.6. The molecular weight excluding hydrogens is 254 g/mol. The van der Waals surface area contributed by atoms with Gasteiger partial charge in [-0.2, -0.15) is 0 Å². The Kier molecular flexibility index (Phi) is 4.39. The van der Waals surface area contributed by atoms with Crippen LogP contribution in [-0.2, 0) is 0 Å². The van der Waals surface area contributed by atoms with E-state index < -0.39 is 0 Å². The molecule has 1 aromatic rings. The molecule has 1 heterocycles. The predicted octanol–water partition coefficient (Wildman–Crippen LogP) is 0.952. The van der Waals surface area contributed by atoms with Crippen LogP contribution < -0.4 is 5.73 Å². The highest BCUT2D eigenvalue weighted by Gasteiger charge is 2.22. The van der Waals surface area contributed by atoms with Crippen LogP contribution in [-0.4, -0.2) is 54.8 Å². The summed E-state index contributed by atoms with van der Waals surface area (Å²) < 4.78 is 0. The van der Waals surface area contributed by atoms with Crippen molar-refractivity contribution in [3.8, 4) is 0 Å². The number of hydrogen-bond acceptors (Lipinski definition) is 3. The van der Waals surface area contributed by atoms with E-state index in [9.17, 15) is 9.59 Å². The van der Waals surface area contributed by atoms with E-state index in [1.165, 1.54) is 4.90 Å². The molecule has 5 nitrogen and oxygen atoms in total. The summed E-state index contributed by atoms with van der Waals surface area (Å²) in [6, 6.07) is 6.92. The van der Waals surface area contributed by atoms with Crippen molar-refractivity contribution in [2.24, 2.45) is 5.73 Å². The van der Waals surface area contributed by atoms with Gasteiger partial charge in [0.25, 0.3) is 11.8 Å². The average Bonchev–Trinajstić information content (AvgIpc) is 2.45. The molecule has 0 aromatic heterocycles. The summed E-state index contributed by atoms with van der Waals surface area (Å²) in [5.74, 6) is -0.149. The number of nitrogens with two attached hydrogens (primary N) is 1. The predicted molar refractivity (Wildman–Crippen MR) is 77.6 cm³/mol. The number of carbonyl (C=O) groups excluding carboxylic acids is 2. The quantitative estimate of drug-likeness (QED) is 0.874. The molecule has 0 spiro atoms. The van der Waals surface area contributed by atoms with E-state index >= 15 is 0 Å². The normalized spacial score (nSPS) is 18.8. The summed E-state index contributed by atoms with van der Waals surface area (Å²) >= 11 is 0. The Bertz CT molecular complexity index is 514. The number of likely N-dealkylation sites (tertiary alicyclic amines) is 1. The zero-order valence-corrected chi connectivity index (χ0v) is 12.0. The highest BCUT2D eigenvalue weighted by atomic mass is 16.2. The molecule has 2 amide bonds. The summed E-state index contributed by atoms with van der Waals surface area (Å²) in [5.41, 5.74) is 6.98. The van der Waals surface area contributed by atoms with Gasteiger partial charge in [0.15, 0.2) is 0 Å². The number of carbonyl (C=O) groups is 2. The molecule has 108 valence electrons. The Morgan fingerprint density at radius 1 is 1.30 bits per heavy atom. The Morgan fingerprint density at radius 3 is 2.65 bits per heavy atom. The van der Waals surface area contributed by atoms with Crippen LogP contribution in [0.15, 0.2) is 24.3 Å². The van der Waals surface area contributed by atoms with Crippen LogP contribution in [0.25, 0.3) is 0 Å². The fourth-order valence-electron chi connectivity index (χ4n) is 2.42. The van der Waals surface area contributed by atoms with Gasteiger partial charge in [-0.1, -0.05) is 6.07 Å². The average molecular weight is 275 g/mol. The van der Waals surface area contributed by atoms with Gasteiger partial charge in [-0.25, -0.2) is 0 Å². The van der Waals surface area contributed by atoms with Crippen molar-refractivity contribution in [2.75, 3.05) is 27.2 Å². The van der Waals surface area contributed by atoms with Gasteiger partial charge in [0.1, 0.15) is 0 Å². The first-order valence-corrected chi connectivity index (χ1v) is 6.85. The zero-order valence-electron chi connectivity index (χ0n) is 12.0. The smallest absolute Gasteiger partial charge is 0.253 e. The summed E-state index contributed by atoms with van der Waals surface area (Å²) in [5, 5.41) is 0.